The van der Waals surface area contributed by atoms with Crippen LogP contribution in [0.3, 0.4) is 0 Å². The number of anilines is 1. The number of aliphatic carboxylic acids is 1. The van der Waals surface area contributed by atoms with Crippen LogP contribution < -0.4 is 5.32 Å². The number of carboxylic acids is 1. The van der Waals surface area contributed by atoms with Crippen LogP contribution in [0.5, 0.6) is 0 Å². The summed E-state index contributed by atoms with van der Waals surface area (Å²) >= 11 is 2.84. The molecule has 0 spiro atoms. The van der Waals surface area contributed by atoms with E-state index in [9.17, 15) is 19.5 Å². The Balaban J connectivity index is 1.78. The summed E-state index contributed by atoms with van der Waals surface area (Å²) in [4.78, 5) is 40.5. The third-order valence-electron chi connectivity index (χ3n) is 3.60. The molecule has 2 aliphatic rings. The standard InChI is InChI=1S/C14H15N3O5S2/c1-6-4-24-14(15-6)16-9-11(19)17-10(13(20)21)8(3-22-7(2)18)5-23-12(9)17/h4,9,12H,3,5H2,1-2H3,(H,15,16)(H,20,21)/t9?,12-/m1/s1. The molecule has 1 aromatic rings. The normalized spacial score (nSPS) is 22.8. The fourth-order valence-electron chi connectivity index (χ4n) is 2.54. The molecule has 1 aromatic heterocycles. The maximum absolute atomic E-state index is 12.4. The number of aromatic nitrogens is 1. The van der Waals surface area contributed by atoms with E-state index in [2.05, 4.69) is 10.3 Å². The predicted octanol–water partition coefficient (Wildman–Crippen LogP) is 1.05. The summed E-state index contributed by atoms with van der Waals surface area (Å²) in [6.45, 7) is 2.99. The third-order valence-corrected chi connectivity index (χ3v) is 5.83. The second kappa shape index (κ2) is 6.44. The van der Waals surface area contributed by atoms with Gasteiger partial charge in [-0.15, -0.1) is 23.1 Å². The smallest absolute Gasteiger partial charge is 0.352 e. The molecule has 128 valence electrons. The van der Waals surface area contributed by atoms with Gasteiger partial charge in [-0.25, -0.2) is 9.78 Å². The van der Waals surface area contributed by atoms with Gasteiger partial charge in [0.1, 0.15) is 23.7 Å². The molecule has 1 saturated heterocycles. The molecule has 3 heterocycles. The first-order chi connectivity index (χ1) is 11.4. The molecule has 1 amide bonds. The number of nitrogens with one attached hydrogen (secondary N) is 1. The molecule has 0 aliphatic carbocycles. The summed E-state index contributed by atoms with van der Waals surface area (Å²) in [7, 11) is 0. The maximum atomic E-state index is 12.4. The van der Waals surface area contributed by atoms with Crippen molar-refractivity contribution in [1.82, 2.24) is 9.88 Å². The van der Waals surface area contributed by atoms with Crippen LogP contribution in [0.25, 0.3) is 0 Å². The van der Waals surface area contributed by atoms with E-state index in [0.717, 1.165) is 5.69 Å². The topological polar surface area (TPSA) is 109 Å². The van der Waals surface area contributed by atoms with Crippen LogP contribution in [-0.2, 0) is 19.1 Å². The van der Waals surface area contributed by atoms with Gasteiger partial charge in [0, 0.05) is 23.6 Å². The monoisotopic (exact) mass is 369 g/mol. The van der Waals surface area contributed by atoms with Gasteiger partial charge in [-0.05, 0) is 6.92 Å². The molecule has 10 heteroatoms. The number of hydrogen-bond acceptors (Lipinski definition) is 8. The molecule has 0 radical (unpaired) electrons. The Morgan fingerprint density at radius 2 is 2.29 bits per heavy atom. The lowest BCUT2D eigenvalue weighted by molar-refractivity contribution is -0.147. The molecule has 2 N–H and O–H groups in total. The number of aryl methyl sites for hydroxylation is 1. The highest BCUT2D eigenvalue weighted by molar-refractivity contribution is 8.00. The minimum absolute atomic E-state index is 0.0848. The SMILES string of the molecule is CC(=O)OCC1=C(C(=O)O)N2C(=O)C(Nc3nc(C)cs3)[C@H]2SC1. The van der Waals surface area contributed by atoms with Crippen molar-refractivity contribution in [2.24, 2.45) is 0 Å². The first-order valence-corrected chi connectivity index (χ1v) is 9.03. The van der Waals surface area contributed by atoms with Gasteiger partial charge < -0.3 is 15.2 Å². The number of rotatable bonds is 5. The van der Waals surface area contributed by atoms with Crippen molar-refractivity contribution in [3.05, 3.63) is 22.3 Å². The zero-order valence-corrected chi connectivity index (χ0v) is 14.6. The molecular formula is C14H15N3O5S2. The molecule has 1 unspecified atom stereocenters. The van der Waals surface area contributed by atoms with Crippen molar-refractivity contribution < 1.29 is 24.2 Å². The van der Waals surface area contributed by atoms with E-state index in [1.54, 1.807) is 0 Å². The Kier molecular flexibility index (Phi) is 4.50. The number of hydrogen-bond donors (Lipinski definition) is 2. The summed E-state index contributed by atoms with van der Waals surface area (Å²) in [6, 6.07) is -0.509. The number of ether oxygens (including phenoxy) is 1. The Morgan fingerprint density at radius 1 is 1.54 bits per heavy atom. The maximum Gasteiger partial charge on any atom is 0.352 e. The fraction of sp³-hybridized carbons (Fsp3) is 0.429. The van der Waals surface area contributed by atoms with Crippen molar-refractivity contribution >= 4 is 46.1 Å². The zero-order chi connectivity index (χ0) is 17.4. The van der Waals surface area contributed by atoms with Gasteiger partial charge in [0.25, 0.3) is 5.91 Å². The van der Waals surface area contributed by atoms with Crippen LogP contribution in [0.2, 0.25) is 0 Å². The molecular weight excluding hydrogens is 354 g/mol. The van der Waals surface area contributed by atoms with Crippen LogP contribution in [0.15, 0.2) is 16.7 Å². The van der Waals surface area contributed by atoms with E-state index < -0.39 is 18.0 Å². The van der Waals surface area contributed by atoms with Crippen molar-refractivity contribution in [2.45, 2.75) is 25.3 Å². The van der Waals surface area contributed by atoms with Crippen molar-refractivity contribution in [2.75, 3.05) is 17.7 Å². The molecule has 0 saturated carbocycles. The quantitative estimate of drug-likeness (QED) is 0.586. The first-order valence-electron chi connectivity index (χ1n) is 7.10. The van der Waals surface area contributed by atoms with E-state index in [1.165, 1.54) is 34.9 Å². The van der Waals surface area contributed by atoms with Crippen molar-refractivity contribution in [1.29, 1.82) is 0 Å². The summed E-state index contributed by atoms with van der Waals surface area (Å²) in [6.07, 6.45) is 0. The predicted molar refractivity (Wildman–Crippen MR) is 88.6 cm³/mol. The van der Waals surface area contributed by atoms with Crippen LogP contribution >= 0.6 is 23.1 Å². The Bertz CT molecular complexity index is 745. The molecule has 24 heavy (non-hydrogen) atoms. The Morgan fingerprint density at radius 3 is 2.88 bits per heavy atom. The summed E-state index contributed by atoms with van der Waals surface area (Å²) in [5.41, 5.74) is 1.20. The molecule has 0 aromatic carbocycles. The number of nitrogens with zero attached hydrogens (tertiary/aromatic N) is 2. The van der Waals surface area contributed by atoms with Gasteiger partial charge >= 0.3 is 11.9 Å². The largest absolute Gasteiger partial charge is 0.477 e. The second-order valence-electron chi connectivity index (χ2n) is 5.36. The summed E-state index contributed by atoms with van der Waals surface area (Å²) < 4.78 is 4.89. The average Bonchev–Trinajstić information content (AvgIpc) is 2.94. The van der Waals surface area contributed by atoms with E-state index in [4.69, 9.17) is 4.74 Å². The lowest BCUT2D eigenvalue weighted by Crippen LogP contribution is -2.67. The van der Waals surface area contributed by atoms with Crippen LogP contribution in [0.4, 0.5) is 5.13 Å². The number of thioether (sulfide) groups is 1. The van der Waals surface area contributed by atoms with Crippen LogP contribution in [0, 0.1) is 6.92 Å². The molecule has 2 aliphatic heterocycles. The highest BCUT2D eigenvalue weighted by Crippen LogP contribution is 2.41. The number of fused-ring (bicyclic) bond motifs is 1. The number of thiazole rings is 1. The number of esters is 1. The fourth-order valence-corrected chi connectivity index (χ4v) is 4.59. The van der Waals surface area contributed by atoms with Crippen molar-refractivity contribution in [3.63, 3.8) is 0 Å². The average molecular weight is 369 g/mol. The van der Waals surface area contributed by atoms with Gasteiger partial charge in [0.15, 0.2) is 5.13 Å². The highest BCUT2D eigenvalue weighted by Gasteiger charge is 2.53. The number of amides is 1. The minimum Gasteiger partial charge on any atom is -0.477 e. The number of carboxylic acid groups (broad SMARTS) is 1. The van der Waals surface area contributed by atoms with Gasteiger partial charge in [0.05, 0.1) is 5.69 Å². The van der Waals surface area contributed by atoms with Gasteiger partial charge in [-0.3, -0.25) is 14.5 Å². The number of carbonyl (C=O) groups excluding carboxylic acids is 2. The van der Waals surface area contributed by atoms with Crippen LogP contribution in [-0.4, -0.2) is 56.6 Å². The summed E-state index contributed by atoms with van der Waals surface area (Å²) in [5.74, 6) is -1.62. The molecule has 3 rings (SSSR count). The van der Waals surface area contributed by atoms with E-state index >= 15 is 0 Å². The molecule has 1 fully saturated rings. The minimum atomic E-state index is -1.20. The second-order valence-corrected chi connectivity index (χ2v) is 7.33. The lowest BCUT2D eigenvalue weighted by atomic mass is 10.0. The number of β-lactam (4-membered cyclic amide) rings is 1. The zero-order valence-electron chi connectivity index (χ0n) is 12.9. The Labute approximate surface area is 145 Å². The van der Waals surface area contributed by atoms with Crippen molar-refractivity contribution in [3.8, 4) is 0 Å². The van der Waals surface area contributed by atoms with Gasteiger partial charge in [-0.2, -0.15) is 0 Å². The number of carbonyl (C=O) groups is 3. The third kappa shape index (κ3) is 2.98. The van der Waals surface area contributed by atoms with Gasteiger partial charge in [0.2, 0.25) is 0 Å². The first kappa shape index (κ1) is 16.8. The van der Waals surface area contributed by atoms with E-state index in [1.807, 2.05) is 12.3 Å². The van der Waals surface area contributed by atoms with Crippen LogP contribution in [0.1, 0.15) is 12.6 Å². The molecule has 2 atom stereocenters. The molecule has 8 nitrogen and oxygen atoms in total. The highest BCUT2D eigenvalue weighted by atomic mass is 32.2. The van der Waals surface area contributed by atoms with E-state index in [0.29, 0.717) is 16.5 Å². The molecule has 0 bridgehead atoms. The lowest BCUT2D eigenvalue weighted by Gasteiger charge is -2.49. The van der Waals surface area contributed by atoms with Gasteiger partial charge in [-0.1, -0.05) is 0 Å². The van der Waals surface area contributed by atoms with E-state index in [-0.39, 0.29) is 23.6 Å². The summed E-state index contributed by atoms with van der Waals surface area (Å²) in [5, 5.41) is 14.7. The Hall–Kier alpha value is -2.07.